The monoisotopic (exact) mass is 286 g/mol. The third-order valence-corrected chi connectivity index (χ3v) is 2.63. The molecule has 0 saturated carbocycles. The van der Waals surface area contributed by atoms with E-state index < -0.39 is 35.4 Å². The molecule has 116 valence electrons. The molecule has 0 aliphatic carbocycles. The average Bonchev–Trinajstić information content (AvgIpc) is 2.26. The molecule has 0 heterocycles. The minimum Gasteiger partial charge on any atom is -0.459 e. The van der Waals surface area contributed by atoms with E-state index in [0.717, 1.165) is 0 Å². The standard InChI is InChI=1S/C14H26N2O4/c1-8(2)6-10(15)12(18)9(7-17)11(16)13(19)20-14(3,4)5/h7-11H,6,15-16H2,1-5H3/t9-,10?,11?/m1/s1. The fourth-order valence-corrected chi connectivity index (χ4v) is 1.72. The molecule has 0 aliphatic heterocycles. The van der Waals surface area contributed by atoms with Crippen molar-refractivity contribution >= 4 is 18.0 Å². The molecule has 6 heteroatoms. The van der Waals surface area contributed by atoms with Crippen molar-refractivity contribution in [2.75, 3.05) is 0 Å². The summed E-state index contributed by atoms with van der Waals surface area (Å²) in [5, 5.41) is 0. The maximum Gasteiger partial charge on any atom is 0.324 e. The maximum atomic E-state index is 12.1. The molecule has 0 aliphatic rings. The van der Waals surface area contributed by atoms with E-state index >= 15 is 0 Å². The molecule has 0 aromatic rings. The van der Waals surface area contributed by atoms with Gasteiger partial charge in [0.1, 0.15) is 23.8 Å². The van der Waals surface area contributed by atoms with E-state index in [1.54, 1.807) is 20.8 Å². The van der Waals surface area contributed by atoms with Crippen molar-refractivity contribution in [2.24, 2.45) is 23.3 Å². The summed E-state index contributed by atoms with van der Waals surface area (Å²) in [4.78, 5) is 35.0. The first-order chi connectivity index (χ1) is 8.99. The Bertz CT molecular complexity index is 361. The van der Waals surface area contributed by atoms with Gasteiger partial charge in [-0.25, -0.2) is 0 Å². The summed E-state index contributed by atoms with van der Waals surface area (Å²) in [6.45, 7) is 8.87. The highest BCUT2D eigenvalue weighted by Crippen LogP contribution is 2.14. The molecule has 0 fully saturated rings. The molecular weight excluding hydrogens is 260 g/mol. The number of rotatable bonds is 7. The molecule has 0 aromatic heterocycles. The lowest BCUT2D eigenvalue weighted by molar-refractivity contribution is -0.160. The lowest BCUT2D eigenvalue weighted by Gasteiger charge is -2.25. The van der Waals surface area contributed by atoms with E-state index in [-0.39, 0.29) is 5.92 Å². The lowest BCUT2D eigenvalue weighted by Crippen LogP contribution is -2.50. The molecule has 0 spiro atoms. The summed E-state index contributed by atoms with van der Waals surface area (Å²) in [6.07, 6.45) is 0.807. The third-order valence-electron chi connectivity index (χ3n) is 2.63. The molecule has 4 N–H and O–H groups in total. The van der Waals surface area contributed by atoms with Crippen LogP contribution in [0, 0.1) is 11.8 Å². The summed E-state index contributed by atoms with van der Waals surface area (Å²) in [7, 11) is 0. The van der Waals surface area contributed by atoms with Crippen LogP contribution in [0.1, 0.15) is 41.0 Å². The Hall–Kier alpha value is -1.27. The Morgan fingerprint density at radius 1 is 1.20 bits per heavy atom. The molecule has 0 amide bonds. The second kappa shape index (κ2) is 7.50. The first-order valence-corrected chi connectivity index (χ1v) is 6.72. The fraction of sp³-hybridized carbons (Fsp3) is 0.786. The molecule has 6 nitrogen and oxygen atoms in total. The smallest absolute Gasteiger partial charge is 0.324 e. The van der Waals surface area contributed by atoms with Crippen LogP contribution in [0.3, 0.4) is 0 Å². The predicted octanol–water partition coefficient (Wildman–Crippen LogP) is 0.413. The van der Waals surface area contributed by atoms with Gasteiger partial charge in [-0.15, -0.1) is 0 Å². The van der Waals surface area contributed by atoms with Crippen LogP contribution in [0.25, 0.3) is 0 Å². The number of carbonyl (C=O) groups excluding carboxylic acids is 3. The Labute approximate surface area is 120 Å². The minimum absolute atomic E-state index is 0.207. The van der Waals surface area contributed by atoms with Crippen LogP contribution in [-0.2, 0) is 19.1 Å². The van der Waals surface area contributed by atoms with Gasteiger partial charge in [-0.2, -0.15) is 0 Å². The summed E-state index contributed by atoms with van der Waals surface area (Å²) in [5.74, 6) is -2.36. The Morgan fingerprint density at radius 2 is 1.70 bits per heavy atom. The highest BCUT2D eigenvalue weighted by molar-refractivity contribution is 6.01. The zero-order valence-electron chi connectivity index (χ0n) is 12.9. The van der Waals surface area contributed by atoms with E-state index in [1.807, 2.05) is 13.8 Å². The predicted molar refractivity (Wildman–Crippen MR) is 75.8 cm³/mol. The number of esters is 1. The molecular formula is C14H26N2O4. The summed E-state index contributed by atoms with van der Waals surface area (Å²) in [6, 6.07) is -2.13. The molecule has 0 radical (unpaired) electrons. The quantitative estimate of drug-likeness (QED) is 0.398. The number of hydrogen-bond donors (Lipinski definition) is 2. The van der Waals surface area contributed by atoms with Crippen LogP contribution >= 0.6 is 0 Å². The van der Waals surface area contributed by atoms with Crippen molar-refractivity contribution in [2.45, 2.75) is 58.7 Å². The van der Waals surface area contributed by atoms with E-state index in [2.05, 4.69) is 0 Å². The molecule has 2 unspecified atom stereocenters. The van der Waals surface area contributed by atoms with Crippen molar-refractivity contribution < 1.29 is 19.1 Å². The second-order valence-corrected chi connectivity index (χ2v) is 6.36. The first kappa shape index (κ1) is 18.7. The van der Waals surface area contributed by atoms with Gasteiger partial charge in [0.05, 0.1) is 6.04 Å². The lowest BCUT2D eigenvalue weighted by atomic mass is 9.89. The van der Waals surface area contributed by atoms with Gasteiger partial charge in [0.2, 0.25) is 0 Å². The highest BCUT2D eigenvalue weighted by Gasteiger charge is 2.35. The summed E-state index contributed by atoms with van der Waals surface area (Å²) >= 11 is 0. The Kier molecular flexibility index (Phi) is 7.02. The molecule has 0 aromatic carbocycles. The molecule has 0 bridgehead atoms. The van der Waals surface area contributed by atoms with E-state index in [4.69, 9.17) is 16.2 Å². The molecule has 3 atom stereocenters. The zero-order chi connectivity index (χ0) is 16.1. The normalized spacial score (nSPS) is 16.4. The number of nitrogens with two attached hydrogens (primary N) is 2. The summed E-state index contributed by atoms with van der Waals surface area (Å²) < 4.78 is 5.08. The van der Waals surface area contributed by atoms with Gasteiger partial charge in [0.25, 0.3) is 0 Å². The highest BCUT2D eigenvalue weighted by atomic mass is 16.6. The van der Waals surface area contributed by atoms with Crippen molar-refractivity contribution in [1.82, 2.24) is 0 Å². The molecule has 20 heavy (non-hydrogen) atoms. The van der Waals surface area contributed by atoms with Gasteiger partial charge in [-0.05, 0) is 33.1 Å². The van der Waals surface area contributed by atoms with Gasteiger partial charge < -0.3 is 21.0 Å². The van der Waals surface area contributed by atoms with Crippen molar-refractivity contribution in [3.63, 3.8) is 0 Å². The van der Waals surface area contributed by atoms with Gasteiger partial charge in [-0.3, -0.25) is 9.59 Å². The van der Waals surface area contributed by atoms with Gasteiger partial charge in [0.15, 0.2) is 5.78 Å². The van der Waals surface area contributed by atoms with E-state index in [9.17, 15) is 14.4 Å². The topological polar surface area (TPSA) is 112 Å². The minimum atomic E-state index is -1.32. The van der Waals surface area contributed by atoms with Crippen LogP contribution in [-0.4, -0.2) is 35.7 Å². The van der Waals surface area contributed by atoms with Crippen LogP contribution in [0.5, 0.6) is 0 Å². The van der Waals surface area contributed by atoms with E-state index in [0.29, 0.717) is 12.7 Å². The third kappa shape index (κ3) is 6.25. The average molecular weight is 286 g/mol. The van der Waals surface area contributed by atoms with Crippen molar-refractivity contribution in [1.29, 1.82) is 0 Å². The number of Topliss-reactive ketones (excluding diaryl/α,β-unsaturated/α-hetero) is 1. The Balaban J connectivity index is 4.86. The number of ketones is 1. The fourth-order valence-electron chi connectivity index (χ4n) is 1.72. The number of carbonyl (C=O) groups is 3. The van der Waals surface area contributed by atoms with Crippen molar-refractivity contribution in [3.8, 4) is 0 Å². The van der Waals surface area contributed by atoms with Crippen LogP contribution < -0.4 is 11.5 Å². The first-order valence-electron chi connectivity index (χ1n) is 6.72. The zero-order valence-corrected chi connectivity index (χ0v) is 12.9. The van der Waals surface area contributed by atoms with Crippen LogP contribution in [0.15, 0.2) is 0 Å². The van der Waals surface area contributed by atoms with Crippen LogP contribution in [0.4, 0.5) is 0 Å². The van der Waals surface area contributed by atoms with Crippen molar-refractivity contribution in [3.05, 3.63) is 0 Å². The van der Waals surface area contributed by atoms with Crippen LogP contribution in [0.2, 0.25) is 0 Å². The maximum absolute atomic E-state index is 12.1. The number of aldehydes is 1. The van der Waals surface area contributed by atoms with Gasteiger partial charge in [0, 0.05) is 0 Å². The van der Waals surface area contributed by atoms with Gasteiger partial charge in [-0.1, -0.05) is 13.8 Å². The molecule has 0 rings (SSSR count). The SMILES string of the molecule is CC(C)CC(N)C(=O)[C@H](C=O)C(N)C(=O)OC(C)(C)C. The van der Waals surface area contributed by atoms with Gasteiger partial charge >= 0.3 is 5.97 Å². The van der Waals surface area contributed by atoms with E-state index in [1.165, 1.54) is 0 Å². The number of ether oxygens (including phenoxy) is 1. The Morgan fingerprint density at radius 3 is 2.05 bits per heavy atom. The number of hydrogen-bond acceptors (Lipinski definition) is 6. The summed E-state index contributed by atoms with van der Waals surface area (Å²) in [5.41, 5.74) is 10.7. The molecule has 0 saturated heterocycles. The second-order valence-electron chi connectivity index (χ2n) is 6.36. The largest absolute Gasteiger partial charge is 0.459 e.